The maximum atomic E-state index is 11.1. The van der Waals surface area contributed by atoms with Gasteiger partial charge in [0.25, 0.3) is 0 Å². The first kappa shape index (κ1) is 40.1. The van der Waals surface area contributed by atoms with Gasteiger partial charge in [-0.25, -0.2) is 4.68 Å². The van der Waals surface area contributed by atoms with Crippen LogP contribution in [0.25, 0.3) is 0 Å². The first-order valence-corrected chi connectivity index (χ1v) is 10.8. The molecule has 0 radical (unpaired) electrons. The number of allylic oxidation sites excluding steroid dienone is 4. The van der Waals surface area contributed by atoms with E-state index in [-0.39, 0.29) is 130 Å². The Morgan fingerprint density at radius 3 is 2.00 bits per heavy atom. The van der Waals surface area contributed by atoms with Gasteiger partial charge in [-0.1, -0.05) is 28.5 Å². The smallest absolute Gasteiger partial charge is 0.808 e. The molecule has 0 fully saturated rings. The molecule has 10 nitrogen and oxygen atoms in total. The second-order valence-electron chi connectivity index (χ2n) is 6.25. The Morgan fingerprint density at radius 1 is 1.07 bits per heavy atom. The van der Waals surface area contributed by atoms with Crippen LogP contribution in [-0.4, -0.2) is 25.2 Å². The molecule has 0 spiro atoms. The van der Waals surface area contributed by atoms with Crippen LogP contribution in [0.3, 0.4) is 0 Å². The summed E-state index contributed by atoms with van der Waals surface area (Å²) in [4.78, 5) is 44.2. The molecule has 16 heteroatoms. The number of hydrogen-bond donors (Lipinski definition) is 1. The minimum absolute atomic E-state index is 0. The van der Waals surface area contributed by atoms with Crippen molar-refractivity contribution in [3.8, 4) is 0 Å². The molecular formula is C14H21N3Na4O7P2. The van der Waals surface area contributed by atoms with E-state index in [1.807, 2.05) is 26.8 Å². The molecule has 1 N–H and O–H groups in total. The maximum Gasteiger partial charge on any atom is 1.00 e. The summed E-state index contributed by atoms with van der Waals surface area (Å²) < 4.78 is 23.4. The summed E-state index contributed by atoms with van der Waals surface area (Å²) in [6.07, 6.45) is 5.55. The molecule has 0 aromatic carbocycles. The second kappa shape index (κ2) is 17.3. The van der Waals surface area contributed by atoms with Crippen molar-refractivity contribution in [2.24, 2.45) is 0 Å². The maximum absolute atomic E-state index is 11.1. The summed E-state index contributed by atoms with van der Waals surface area (Å²) in [7, 11) is -12.3. The normalized spacial score (nSPS) is 11.9. The Kier molecular flexibility index (Phi) is 23.1. The van der Waals surface area contributed by atoms with E-state index in [2.05, 4.69) is 16.4 Å². The summed E-state index contributed by atoms with van der Waals surface area (Å²) >= 11 is 0. The first-order valence-electron chi connectivity index (χ1n) is 7.71. The Morgan fingerprint density at radius 2 is 1.57 bits per heavy atom. The van der Waals surface area contributed by atoms with Gasteiger partial charge < -0.3 is 33.8 Å². The molecule has 0 atom stereocenters. The minimum atomic E-state index is -6.14. The molecule has 0 saturated heterocycles. The number of aliphatic hydroxyl groups is 1. The van der Waals surface area contributed by atoms with Gasteiger partial charge in [0.05, 0.1) is 12.2 Å². The van der Waals surface area contributed by atoms with E-state index in [0.717, 1.165) is 24.6 Å². The van der Waals surface area contributed by atoms with Gasteiger partial charge >= 0.3 is 118 Å². The molecule has 1 rings (SSSR count). The Balaban J connectivity index is -0.000000845. The van der Waals surface area contributed by atoms with Crippen molar-refractivity contribution in [3.05, 3.63) is 35.2 Å². The van der Waals surface area contributed by atoms with Crippen molar-refractivity contribution in [2.45, 2.75) is 51.7 Å². The molecule has 1 heterocycles. The molecule has 0 bridgehead atoms. The van der Waals surface area contributed by atoms with E-state index in [9.17, 15) is 33.8 Å². The van der Waals surface area contributed by atoms with Gasteiger partial charge in [0.15, 0.2) is 0 Å². The standard InChI is InChI=1S/C14H25N3O7P2.4Na/c1-11(2)5-4-6-12(3)7-8-17-10-13(15-16-17)9-14(18,25(19,20)21)26(22,23)24;;;;/h5,7,10,18H,4,6,8-9H2,1-3H3,(H2,19,20,21)(H2,22,23,24);;;;/q;4*+1/p-4/b12-7+;;;;. The predicted molar refractivity (Wildman–Crippen MR) is 86.3 cm³/mol. The molecule has 148 valence electrons. The predicted octanol–water partition coefficient (Wildman–Crippen LogP) is -13.0. The summed E-state index contributed by atoms with van der Waals surface area (Å²) in [5.74, 6) is 0. The number of aromatic nitrogens is 3. The van der Waals surface area contributed by atoms with Crippen LogP contribution in [0.4, 0.5) is 0 Å². The van der Waals surface area contributed by atoms with Crippen LogP contribution in [0.1, 0.15) is 39.3 Å². The molecule has 0 unspecified atom stereocenters. The third-order valence-electron chi connectivity index (χ3n) is 3.60. The van der Waals surface area contributed by atoms with E-state index in [0.29, 0.717) is 0 Å². The van der Waals surface area contributed by atoms with Gasteiger partial charge in [-0.2, -0.15) is 0 Å². The van der Waals surface area contributed by atoms with Crippen molar-refractivity contribution < 1.29 is 152 Å². The van der Waals surface area contributed by atoms with Gasteiger partial charge in [-0.05, 0) is 48.8 Å². The minimum Gasteiger partial charge on any atom is -0.808 e. The molecule has 0 aliphatic heterocycles. The van der Waals surface area contributed by atoms with Crippen LogP contribution in [-0.2, 0) is 22.1 Å². The molecule has 1 aromatic heterocycles. The van der Waals surface area contributed by atoms with Crippen LogP contribution < -0.4 is 138 Å². The Labute approximate surface area is 265 Å². The van der Waals surface area contributed by atoms with E-state index in [1.165, 1.54) is 10.3 Å². The zero-order valence-corrected chi connectivity index (χ0v) is 28.5. The summed E-state index contributed by atoms with van der Waals surface area (Å²) in [5.41, 5.74) is 1.99. The third-order valence-corrected chi connectivity index (χ3v) is 7.14. The van der Waals surface area contributed by atoms with Gasteiger partial charge in [0.1, 0.15) is 5.08 Å². The zero-order valence-electron chi connectivity index (χ0n) is 18.7. The third kappa shape index (κ3) is 13.1. The molecular weight excluding hydrogens is 476 g/mol. The van der Waals surface area contributed by atoms with Gasteiger partial charge in [-0.15, -0.1) is 5.10 Å². The second-order valence-corrected chi connectivity index (χ2v) is 10.1. The van der Waals surface area contributed by atoms with Gasteiger partial charge in [0, 0.05) is 12.6 Å². The van der Waals surface area contributed by atoms with Crippen LogP contribution in [0.15, 0.2) is 29.5 Å². The fourth-order valence-corrected chi connectivity index (χ4v) is 3.95. The van der Waals surface area contributed by atoms with Crippen LogP contribution in [0, 0.1) is 0 Å². The van der Waals surface area contributed by atoms with Crippen molar-refractivity contribution in [1.29, 1.82) is 0 Å². The first-order chi connectivity index (χ1) is 11.8. The molecule has 30 heavy (non-hydrogen) atoms. The van der Waals surface area contributed by atoms with Crippen molar-refractivity contribution >= 4 is 15.2 Å². The van der Waals surface area contributed by atoms with Crippen molar-refractivity contribution in [1.82, 2.24) is 15.0 Å². The van der Waals surface area contributed by atoms with E-state index >= 15 is 0 Å². The fourth-order valence-electron chi connectivity index (χ4n) is 2.04. The van der Waals surface area contributed by atoms with Crippen molar-refractivity contribution in [3.63, 3.8) is 0 Å². The summed E-state index contributed by atoms with van der Waals surface area (Å²) in [5, 5.41) is 12.8. The monoisotopic (exact) mass is 497 g/mol. The molecule has 0 amide bonds. The molecule has 0 saturated carbocycles. The Hall–Kier alpha value is 2.88. The molecule has 0 aliphatic carbocycles. The van der Waals surface area contributed by atoms with Gasteiger partial charge in [0.2, 0.25) is 0 Å². The topological polar surface area (TPSA) is 177 Å². The van der Waals surface area contributed by atoms with E-state index in [4.69, 9.17) is 0 Å². The summed E-state index contributed by atoms with van der Waals surface area (Å²) in [6.45, 7) is 6.20. The molecule has 0 aliphatic rings. The van der Waals surface area contributed by atoms with Crippen LogP contribution in [0.2, 0.25) is 0 Å². The summed E-state index contributed by atoms with van der Waals surface area (Å²) in [6, 6.07) is 0. The Bertz CT molecular complexity index is 766. The number of hydrogen-bond acceptors (Lipinski definition) is 9. The number of nitrogens with zero attached hydrogens (tertiary/aromatic N) is 3. The zero-order chi connectivity index (χ0) is 20.2. The largest absolute Gasteiger partial charge is 1.00 e. The van der Waals surface area contributed by atoms with Crippen LogP contribution >= 0.6 is 15.2 Å². The average Bonchev–Trinajstić information content (AvgIpc) is 2.89. The fraction of sp³-hybridized carbons (Fsp3) is 0.571. The number of rotatable bonds is 9. The van der Waals surface area contributed by atoms with Crippen molar-refractivity contribution in [2.75, 3.05) is 0 Å². The quantitative estimate of drug-likeness (QED) is 0.197. The van der Waals surface area contributed by atoms with Gasteiger partial charge in [-0.3, -0.25) is 0 Å². The molecule has 1 aromatic rings. The van der Waals surface area contributed by atoms with E-state index < -0.39 is 26.7 Å². The SMILES string of the molecule is CC(C)=CCC/C(C)=C/Cn1cc(CC(O)(P(=O)([O-])[O-])P(=O)([O-])[O-])nn1.[Na+].[Na+].[Na+].[Na+]. The average molecular weight is 497 g/mol. The van der Waals surface area contributed by atoms with Crippen LogP contribution in [0.5, 0.6) is 0 Å². The van der Waals surface area contributed by atoms with E-state index in [1.54, 1.807) is 0 Å².